The van der Waals surface area contributed by atoms with Crippen molar-refractivity contribution in [1.82, 2.24) is 15.1 Å². The van der Waals surface area contributed by atoms with E-state index in [1.165, 1.54) is 87.6 Å². The van der Waals surface area contributed by atoms with Gasteiger partial charge in [0.25, 0.3) is 0 Å². The summed E-state index contributed by atoms with van der Waals surface area (Å²) in [4.78, 5) is 17.4. The Morgan fingerprint density at radius 3 is 1.66 bits per heavy atom. The molecule has 4 aromatic carbocycles. The maximum atomic E-state index is 12.4. The maximum absolute atomic E-state index is 12.4. The molecule has 3 fully saturated rings. The summed E-state index contributed by atoms with van der Waals surface area (Å²) in [6.45, 7) is 12.8. The molecular formula is C48H61BCl2N4NaO2. The van der Waals surface area contributed by atoms with Gasteiger partial charge in [-0.05, 0) is 149 Å². The normalized spacial score (nSPS) is 18.2. The van der Waals surface area contributed by atoms with Crippen molar-refractivity contribution < 1.29 is 39.1 Å². The van der Waals surface area contributed by atoms with Crippen LogP contribution < -0.4 is 34.9 Å². The van der Waals surface area contributed by atoms with Crippen LogP contribution in [0.2, 0.25) is 10.0 Å². The Labute approximate surface area is 383 Å². The SMILES string of the molecule is C1CCOC1.CNC(CN1CCC[C@@H](CCc2ccccc2)C1)c1ccc(Cl)cc1.O=C(CN1CCC[C@@H](CCc2ccccc2)C1)c1ccc(Cl)cc1.[B].[C-]#N.[Na+]. The Kier molecular flexibility index (Phi) is 27.2. The number of likely N-dealkylation sites (N-methyl/N-ethyl adjacent to an activating group) is 1. The average Bonchev–Trinajstić information content (AvgIpc) is 3.85. The molecule has 3 aliphatic heterocycles. The summed E-state index contributed by atoms with van der Waals surface area (Å²) in [6, 6.07) is 37.4. The molecule has 3 radical (unpaired) electrons. The second-order valence-electron chi connectivity index (χ2n) is 15.2. The molecule has 4 aromatic rings. The smallest absolute Gasteiger partial charge is 0.512 e. The monoisotopic (exact) mass is 829 g/mol. The minimum atomic E-state index is 0. The van der Waals surface area contributed by atoms with E-state index in [9.17, 15) is 4.79 Å². The number of carbonyl (C=O) groups excluding carboxylic acids is 1. The van der Waals surface area contributed by atoms with Gasteiger partial charge in [0.1, 0.15) is 0 Å². The fourth-order valence-electron chi connectivity index (χ4n) is 7.87. The predicted octanol–water partition coefficient (Wildman–Crippen LogP) is 7.33. The molecule has 0 aromatic heterocycles. The standard InChI is InChI=1S/C22H29ClN2.C21H24ClNO.C4H8O.CN.B.Na/c1-24-22(20-11-13-21(23)14-12-20)17-25-15-5-8-19(16-25)10-9-18-6-3-2-4-7-18;22-20-12-10-19(11-13-20)21(24)16-23-14-4-7-18(15-23)9-8-17-5-2-1-3-6-17;1-2-4-5-3-1;1-2;;/h2-4,6-7,11-14,19,22,24H,5,8-10,15-17H2,1H3;1-3,5-6,10-13,18H,4,7-9,14-16H2;1-4H2;;;/q;;;-1;;+1/t19-,22?;18-;;;;/m00..../s1. The number of rotatable bonds is 13. The molecule has 1 unspecified atom stereocenters. The molecule has 3 atom stereocenters. The van der Waals surface area contributed by atoms with E-state index in [1.54, 1.807) is 12.1 Å². The van der Waals surface area contributed by atoms with Gasteiger partial charge in [-0.2, -0.15) is 0 Å². The number of benzene rings is 4. The Hall–Kier alpha value is -2.48. The van der Waals surface area contributed by atoms with Crippen molar-refractivity contribution in [3.63, 3.8) is 0 Å². The molecule has 0 saturated carbocycles. The van der Waals surface area contributed by atoms with Crippen molar-refractivity contribution >= 4 is 37.4 Å². The van der Waals surface area contributed by atoms with E-state index < -0.39 is 0 Å². The van der Waals surface area contributed by atoms with E-state index in [0.717, 1.165) is 55.8 Å². The van der Waals surface area contributed by atoms with Gasteiger partial charge in [-0.25, -0.2) is 0 Å². The summed E-state index contributed by atoms with van der Waals surface area (Å²) in [6.07, 6.45) is 12.5. The Morgan fingerprint density at radius 2 is 1.19 bits per heavy atom. The van der Waals surface area contributed by atoms with E-state index in [1.807, 2.05) is 24.3 Å². The topological polar surface area (TPSA) is 68.6 Å². The van der Waals surface area contributed by atoms with Crippen LogP contribution in [0.5, 0.6) is 0 Å². The van der Waals surface area contributed by atoms with E-state index in [4.69, 9.17) is 39.8 Å². The zero-order valence-electron chi connectivity index (χ0n) is 34.8. The number of aryl methyl sites for hydroxylation is 2. The van der Waals surface area contributed by atoms with Crippen molar-refractivity contribution in [2.45, 2.75) is 70.3 Å². The molecule has 10 heteroatoms. The van der Waals surface area contributed by atoms with Gasteiger partial charge in [0.2, 0.25) is 0 Å². The summed E-state index contributed by atoms with van der Waals surface area (Å²) in [7, 11) is 2.05. The van der Waals surface area contributed by atoms with E-state index in [-0.39, 0.29) is 43.8 Å². The van der Waals surface area contributed by atoms with Crippen LogP contribution in [0.25, 0.3) is 0 Å². The second-order valence-corrected chi connectivity index (χ2v) is 16.1. The summed E-state index contributed by atoms with van der Waals surface area (Å²) in [5.74, 6) is 1.70. The molecule has 7 rings (SSSR count). The molecule has 6 nitrogen and oxygen atoms in total. The van der Waals surface area contributed by atoms with Crippen LogP contribution >= 0.6 is 23.2 Å². The first-order chi connectivity index (χ1) is 27.4. The van der Waals surface area contributed by atoms with Crippen LogP contribution in [0.3, 0.4) is 0 Å². The molecule has 0 amide bonds. The summed E-state index contributed by atoms with van der Waals surface area (Å²) < 4.78 is 4.94. The maximum Gasteiger partial charge on any atom is 1.00 e. The molecule has 1 N–H and O–H groups in total. The third-order valence-corrected chi connectivity index (χ3v) is 11.5. The molecule has 3 saturated heterocycles. The van der Waals surface area contributed by atoms with Crippen LogP contribution in [0.15, 0.2) is 109 Å². The summed E-state index contributed by atoms with van der Waals surface area (Å²) in [5, 5.41) is 11.2. The number of halogens is 2. The summed E-state index contributed by atoms with van der Waals surface area (Å²) in [5.41, 5.74) is 4.95. The number of likely N-dealkylation sites (tertiary alicyclic amines) is 2. The minimum absolute atomic E-state index is 0. The quantitative estimate of drug-likeness (QED) is 0.0866. The van der Waals surface area contributed by atoms with Crippen LogP contribution in [-0.4, -0.2) is 83.5 Å². The fraction of sp³-hybridized carbons (Fsp3) is 0.458. The zero-order chi connectivity index (χ0) is 39.8. The first kappa shape index (κ1) is 51.7. The molecule has 0 spiro atoms. The van der Waals surface area contributed by atoms with E-state index in [0.29, 0.717) is 23.5 Å². The van der Waals surface area contributed by atoms with Gasteiger partial charge < -0.3 is 26.8 Å². The van der Waals surface area contributed by atoms with Gasteiger partial charge >= 0.3 is 29.6 Å². The van der Waals surface area contributed by atoms with Crippen LogP contribution in [-0.2, 0) is 17.6 Å². The van der Waals surface area contributed by atoms with Gasteiger partial charge in [-0.15, -0.1) is 0 Å². The number of piperidine rings is 2. The Morgan fingerprint density at radius 1 is 0.724 bits per heavy atom. The average molecular weight is 831 g/mol. The van der Waals surface area contributed by atoms with Gasteiger partial charge in [0.05, 0.1) is 6.54 Å². The number of hydrogen-bond acceptors (Lipinski definition) is 6. The van der Waals surface area contributed by atoms with Crippen molar-refractivity contribution in [3.05, 3.63) is 148 Å². The first-order valence-electron chi connectivity index (χ1n) is 20.5. The predicted molar refractivity (Wildman–Crippen MR) is 238 cm³/mol. The van der Waals surface area contributed by atoms with Crippen molar-refractivity contribution in [2.75, 3.05) is 59.5 Å². The number of Topliss-reactive ketones (excluding diaryl/α,β-unsaturated/α-hetero) is 1. The third-order valence-electron chi connectivity index (χ3n) is 11.0. The Balaban J connectivity index is 0.000000333. The van der Waals surface area contributed by atoms with Crippen molar-refractivity contribution in [2.24, 2.45) is 11.8 Å². The van der Waals surface area contributed by atoms with Gasteiger partial charge in [0.15, 0.2) is 5.78 Å². The Bertz CT molecular complexity index is 1660. The van der Waals surface area contributed by atoms with Crippen LogP contribution in [0, 0.1) is 23.7 Å². The molecule has 0 bridgehead atoms. The second kappa shape index (κ2) is 30.5. The van der Waals surface area contributed by atoms with Gasteiger partial charge in [-0.3, -0.25) is 9.69 Å². The molecule has 3 heterocycles. The van der Waals surface area contributed by atoms with E-state index in [2.05, 4.69) is 95.0 Å². The number of ether oxygens (including phenoxy) is 1. The fourth-order valence-corrected chi connectivity index (χ4v) is 8.12. The number of nitrogens with one attached hydrogen (secondary N) is 1. The number of ketones is 1. The van der Waals surface area contributed by atoms with Crippen molar-refractivity contribution in [3.8, 4) is 0 Å². The van der Waals surface area contributed by atoms with E-state index >= 15 is 0 Å². The van der Waals surface area contributed by atoms with Gasteiger partial charge in [-0.1, -0.05) is 96.0 Å². The molecule has 3 aliphatic rings. The van der Waals surface area contributed by atoms with Crippen LogP contribution in [0.1, 0.15) is 84.5 Å². The largest absolute Gasteiger partial charge is 1.00 e. The minimum Gasteiger partial charge on any atom is -0.512 e. The zero-order valence-corrected chi connectivity index (χ0v) is 38.4. The molecule has 303 valence electrons. The molecular weight excluding hydrogens is 769 g/mol. The molecule has 0 aliphatic carbocycles. The number of nitrogens with zero attached hydrogens (tertiary/aromatic N) is 3. The number of hydrogen-bond donors (Lipinski definition) is 1. The first-order valence-corrected chi connectivity index (χ1v) is 21.2. The molecule has 58 heavy (non-hydrogen) atoms. The third kappa shape index (κ3) is 19.7. The van der Waals surface area contributed by atoms with Crippen molar-refractivity contribution in [1.29, 1.82) is 5.26 Å². The summed E-state index contributed by atoms with van der Waals surface area (Å²) >= 11 is 11.9. The number of carbonyl (C=O) groups is 1. The van der Waals surface area contributed by atoms with Gasteiger partial charge in [0, 0.05) is 62.9 Å². The van der Waals surface area contributed by atoms with Crippen LogP contribution in [0.4, 0.5) is 0 Å².